The second-order valence-corrected chi connectivity index (χ2v) is 3.94. The van der Waals surface area contributed by atoms with Crippen molar-refractivity contribution in [3.63, 3.8) is 0 Å². The molecule has 0 aliphatic rings. The third-order valence-electron chi connectivity index (χ3n) is 1.89. The molecule has 0 fully saturated rings. The number of hydrogen-bond acceptors (Lipinski definition) is 3. The van der Waals surface area contributed by atoms with Crippen LogP contribution < -0.4 is 16.8 Å². The zero-order valence-electron chi connectivity index (χ0n) is 8.05. The van der Waals surface area contributed by atoms with Crippen LogP contribution in [0.3, 0.4) is 0 Å². The Morgan fingerprint density at radius 2 is 1.93 bits per heavy atom. The maximum atomic E-state index is 10.8. The SMILES string of the molecule is CC(Nc1cc(Cl)c(Cl)cc1N)C(N)=O. The van der Waals surface area contributed by atoms with E-state index in [1.807, 2.05) is 0 Å². The molecule has 15 heavy (non-hydrogen) atoms. The summed E-state index contributed by atoms with van der Waals surface area (Å²) >= 11 is 11.6. The van der Waals surface area contributed by atoms with E-state index in [-0.39, 0.29) is 0 Å². The molecule has 1 rings (SSSR count). The van der Waals surface area contributed by atoms with Gasteiger partial charge in [-0.3, -0.25) is 4.79 Å². The van der Waals surface area contributed by atoms with E-state index >= 15 is 0 Å². The zero-order valence-corrected chi connectivity index (χ0v) is 9.56. The number of hydrogen-bond donors (Lipinski definition) is 3. The minimum Gasteiger partial charge on any atom is -0.397 e. The van der Waals surface area contributed by atoms with Gasteiger partial charge in [-0.25, -0.2) is 0 Å². The van der Waals surface area contributed by atoms with Crippen molar-refractivity contribution in [2.24, 2.45) is 5.73 Å². The minimum absolute atomic E-state index is 0.366. The Hall–Kier alpha value is -1.13. The van der Waals surface area contributed by atoms with Gasteiger partial charge in [-0.1, -0.05) is 23.2 Å². The number of nitrogens with two attached hydrogens (primary N) is 2. The number of nitrogen functional groups attached to an aromatic ring is 1. The Bertz CT molecular complexity index is 395. The lowest BCUT2D eigenvalue weighted by Crippen LogP contribution is -2.32. The van der Waals surface area contributed by atoms with Gasteiger partial charge in [-0.05, 0) is 19.1 Å². The highest BCUT2D eigenvalue weighted by Crippen LogP contribution is 2.30. The lowest BCUT2D eigenvalue weighted by atomic mass is 10.2. The Balaban J connectivity index is 2.95. The summed E-state index contributed by atoms with van der Waals surface area (Å²) in [6.07, 6.45) is 0. The molecule has 6 heteroatoms. The normalized spacial score (nSPS) is 12.2. The van der Waals surface area contributed by atoms with Crippen LogP contribution in [0.2, 0.25) is 10.0 Å². The van der Waals surface area contributed by atoms with Crippen molar-refractivity contribution in [3.8, 4) is 0 Å². The van der Waals surface area contributed by atoms with Crippen molar-refractivity contribution in [2.45, 2.75) is 13.0 Å². The molecule has 0 bridgehead atoms. The molecule has 4 nitrogen and oxygen atoms in total. The summed E-state index contributed by atoms with van der Waals surface area (Å²) < 4.78 is 0. The van der Waals surface area contributed by atoms with Crippen LogP contribution in [0.25, 0.3) is 0 Å². The number of rotatable bonds is 3. The van der Waals surface area contributed by atoms with Gasteiger partial charge in [-0.2, -0.15) is 0 Å². The Kier molecular flexibility index (Phi) is 3.66. The zero-order chi connectivity index (χ0) is 11.6. The fourth-order valence-electron chi connectivity index (χ4n) is 0.992. The van der Waals surface area contributed by atoms with Gasteiger partial charge >= 0.3 is 0 Å². The molecule has 0 aliphatic heterocycles. The van der Waals surface area contributed by atoms with Crippen LogP contribution in [0, 0.1) is 0 Å². The molecule has 0 spiro atoms. The van der Waals surface area contributed by atoms with Crippen molar-refractivity contribution in [1.82, 2.24) is 0 Å². The highest BCUT2D eigenvalue weighted by Gasteiger charge is 2.11. The molecule has 1 atom stereocenters. The minimum atomic E-state index is -0.524. The van der Waals surface area contributed by atoms with E-state index in [9.17, 15) is 4.79 Å². The number of anilines is 2. The first kappa shape index (κ1) is 11.9. The predicted octanol–water partition coefficient (Wildman–Crippen LogP) is 1.86. The van der Waals surface area contributed by atoms with Crippen LogP contribution >= 0.6 is 23.2 Å². The van der Waals surface area contributed by atoms with E-state index in [4.69, 9.17) is 34.7 Å². The number of amides is 1. The van der Waals surface area contributed by atoms with Crippen molar-refractivity contribution in [2.75, 3.05) is 11.1 Å². The third kappa shape index (κ3) is 2.91. The average Bonchev–Trinajstić information content (AvgIpc) is 2.13. The molecular formula is C9H11Cl2N3O. The van der Waals surface area contributed by atoms with Crippen molar-refractivity contribution >= 4 is 40.5 Å². The fourth-order valence-corrected chi connectivity index (χ4v) is 1.33. The lowest BCUT2D eigenvalue weighted by molar-refractivity contribution is -0.118. The molecule has 5 N–H and O–H groups in total. The topological polar surface area (TPSA) is 81.1 Å². The second kappa shape index (κ2) is 4.59. The van der Waals surface area contributed by atoms with E-state index in [1.165, 1.54) is 6.07 Å². The van der Waals surface area contributed by atoms with E-state index in [0.717, 1.165) is 0 Å². The smallest absolute Gasteiger partial charge is 0.239 e. The van der Waals surface area contributed by atoms with Gasteiger partial charge in [-0.15, -0.1) is 0 Å². The molecule has 1 amide bonds. The fraction of sp³-hybridized carbons (Fsp3) is 0.222. The Morgan fingerprint density at radius 3 is 2.47 bits per heavy atom. The second-order valence-electron chi connectivity index (χ2n) is 3.12. The van der Waals surface area contributed by atoms with Crippen LogP contribution in [-0.4, -0.2) is 11.9 Å². The van der Waals surface area contributed by atoms with Crippen LogP contribution in [0.4, 0.5) is 11.4 Å². The molecule has 0 heterocycles. The molecule has 0 aromatic heterocycles. The van der Waals surface area contributed by atoms with Gasteiger partial charge in [0.05, 0.1) is 21.4 Å². The van der Waals surface area contributed by atoms with Crippen LogP contribution in [0.15, 0.2) is 12.1 Å². The quantitative estimate of drug-likeness (QED) is 0.714. The van der Waals surface area contributed by atoms with Gasteiger partial charge in [0.15, 0.2) is 0 Å². The summed E-state index contributed by atoms with van der Waals surface area (Å²) in [5.41, 5.74) is 11.7. The van der Waals surface area contributed by atoms with Gasteiger partial charge in [0.25, 0.3) is 0 Å². The first-order valence-corrected chi connectivity index (χ1v) is 4.97. The first-order chi connectivity index (χ1) is 6.91. The average molecular weight is 248 g/mol. The molecule has 82 valence electrons. The lowest BCUT2D eigenvalue weighted by Gasteiger charge is -2.14. The number of nitrogens with one attached hydrogen (secondary N) is 1. The van der Waals surface area contributed by atoms with E-state index < -0.39 is 11.9 Å². The highest BCUT2D eigenvalue weighted by atomic mass is 35.5. The molecule has 1 aromatic rings. The van der Waals surface area contributed by atoms with E-state index in [0.29, 0.717) is 21.4 Å². The number of benzene rings is 1. The van der Waals surface area contributed by atoms with Crippen molar-refractivity contribution in [1.29, 1.82) is 0 Å². The number of halogens is 2. The highest BCUT2D eigenvalue weighted by molar-refractivity contribution is 6.42. The van der Waals surface area contributed by atoms with Crippen LogP contribution in [0.1, 0.15) is 6.92 Å². The summed E-state index contributed by atoms with van der Waals surface area (Å²) in [4.78, 5) is 10.8. The predicted molar refractivity (Wildman–Crippen MR) is 63.2 cm³/mol. The summed E-state index contributed by atoms with van der Waals surface area (Å²) in [7, 11) is 0. The number of primary amides is 1. The summed E-state index contributed by atoms with van der Waals surface area (Å²) in [6, 6.07) is 2.54. The van der Waals surface area contributed by atoms with Gasteiger partial charge < -0.3 is 16.8 Å². The standard InChI is InChI=1S/C9H11Cl2N3O/c1-4(9(13)15)14-8-3-6(11)5(10)2-7(8)12/h2-4,14H,12H2,1H3,(H2,13,15). The third-order valence-corrected chi connectivity index (χ3v) is 2.61. The maximum absolute atomic E-state index is 10.8. The molecule has 1 unspecified atom stereocenters. The number of carbonyl (C=O) groups is 1. The monoisotopic (exact) mass is 247 g/mol. The molecule has 0 saturated heterocycles. The first-order valence-electron chi connectivity index (χ1n) is 4.22. The van der Waals surface area contributed by atoms with E-state index in [1.54, 1.807) is 13.0 Å². The number of carbonyl (C=O) groups excluding carboxylic acids is 1. The van der Waals surface area contributed by atoms with Crippen LogP contribution in [0.5, 0.6) is 0 Å². The van der Waals surface area contributed by atoms with Gasteiger partial charge in [0, 0.05) is 0 Å². The van der Waals surface area contributed by atoms with Gasteiger partial charge in [0.1, 0.15) is 6.04 Å². The summed E-state index contributed by atoms with van der Waals surface area (Å²) in [5, 5.41) is 3.57. The summed E-state index contributed by atoms with van der Waals surface area (Å²) in [5.74, 6) is -0.472. The largest absolute Gasteiger partial charge is 0.397 e. The Labute approximate surface area is 97.5 Å². The Morgan fingerprint density at radius 1 is 1.40 bits per heavy atom. The molecule has 0 radical (unpaired) electrons. The molecular weight excluding hydrogens is 237 g/mol. The summed E-state index contributed by atoms with van der Waals surface area (Å²) in [6.45, 7) is 1.63. The molecule has 0 saturated carbocycles. The molecule has 0 aliphatic carbocycles. The maximum Gasteiger partial charge on any atom is 0.239 e. The van der Waals surface area contributed by atoms with Crippen molar-refractivity contribution < 1.29 is 4.79 Å². The van der Waals surface area contributed by atoms with Gasteiger partial charge in [0.2, 0.25) is 5.91 Å². The van der Waals surface area contributed by atoms with Crippen LogP contribution in [-0.2, 0) is 4.79 Å². The van der Waals surface area contributed by atoms with Crippen molar-refractivity contribution in [3.05, 3.63) is 22.2 Å². The molecule has 1 aromatic carbocycles. The van der Waals surface area contributed by atoms with E-state index in [2.05, 4.69) is 5.32 Å².